The molecule has 7 nitrogen and oxygen atoms in total. The number of hydrogen-bond acceptors (Lipinski definition) is 5. The second-order valence-corrected chi connectivity index (χ2v) is 11.9. The molecule has 0 saturated heterocycles. The van der Waals surface area contributed by atoms with Gasteiger partial charge in [-0.15, -0.1) is 11.8 Å². The molecular formula is C36H38N4O3S. The smallest absolute Gasteiger partial charge is 0.272 e. The lowest BCUT2D eigenvalue weighted by atomic mass is 10.1. The summed E-state index contributed by atoms with van der Waals surface area (Å²) in [6, 6.07) is 29.7. The number of carbonyl (C=O) groups is 3. The molecule has 4 aromatic rings. The summed E-state index contributed by atoms with van der Waals surface area (Å²) in [6.07, 6.45) is 2.28. The molecule has 4 rings (SSSR count). The monoisotopic (exact) mass is 606 g/mol. The molecule has 0 aliphatic rings. The first-order valence-corrected chi connectivity index (χ1v) is 15.3. The molecule has 0 aliphatic carbocycles. The lowest BCUT2D eigenvalue weighted by molar-refractivity contribution is -0.116. The summed E-state index contributed by atoms with van der Waals surface area (Å²) in [7, 11) is 3.91. The van der Waals surface area contributed by atoms with E-state index in [4.69, 9.17) is 0 Å². The van der Waals surface area contributed by atoms with E-state index < -0.39 is 5.91 Å². The number of hydrogen-bond donors (Lipinski definition) is 3. The maximum atomic E-state index is 13.6. The standard InChI is InChI=1S/C36H38N4O3S/c1-6-32(36(43)39-33-24(2)12-10-13-25(33)3)44-30-17-11-16-28(23-30)37-35(42)31(38-34(41)27-14-8-7-9-15-27)22-26-18-20-29(21-19-26)40(4)5/h7-23,32H,6H2,1-5H3,(H,37,42)(H,38,41)(H,39,43)/b31-22+. The Morgan fingerprint density at radius 1 is 0.818 bits per heavy atom. The van der Waals surface area contributed by atoms with Crippen LogP contribution in [-0.4, -0.2) is 37.1 Å². The van der Waals surface area contributed by atoms with E-state index in [1.54, 1.807) is 36.4 Å². The van der Waals surface area contributed by atoms with Crippen LogP contribution < -0.4 is 20.9 Å². The maximum Gasteiger partial charge on any atom is 0.272 e. The van der Waals surface area contributed by atoms with Crippen LogP contribution in [0.2, 0.25) is 0 Å². The summed E-state index contributed by atoms with van der Waals surface area (Å²) in [6.45, 7) is 5.94. The van der Waals surface area contributed by atoms with Crippen molar-refractivity contribution in [2.24, 2.45) is 0 Å². The van der Waals surface area contributed by atoms with E-state index in [0.717, 1.165) is 33.0 Å². The van der Waals surface area contributed by atoms with Crippen molar-refractivity contribution in [3.05, 3.63) is 125 Å². The predicted octanol–water partition coefficient (Wildman–Crippen LogP) is 7.29. The van der Waals surface area contributed by atoms with Crippen molar-refractivity contribution >= 4 is 52.6 Å². The number of aryl methyl sites for hydroxylation is 2. The first-order chi connectivity index (χ1) is 21.1. The fourth-order valence-electron chi connectivity index (χ4n) is 4.53. The highest BCUT2D eigenvalue weighted by atomic mass is 32.2. The normalized spacial score (nSPS) is 11.8. The van der Waals surface area contributed by atoms with Crippen LogP contribution in [0.1, 0.15) is 40.4 Å². The zero-order valence-corrected chi connectivity index (χ0v) is 26.5. The average molecular weight is 607 g/mol. The van der Waals surface area contributed by atoms with Crippen molar-refractivity contribution < 1.29 is 14.4 Å². The van der Waals surface area contributed by atoms with E-state index in [1.165, 1.54) is 11.8 Å². The summed E-state index contributed by atoms with van der Waals surface area (Å²) in [4.78, 5) is 42.6. The van der Waals surface area contributed by atoms with E-state index >= 15 is 0 Å². The van der Waals surface area contributed by atoms with Gasteiger partial charge in [-0.2, -0.15) is 0 Å². The molecule has 226 valence electrons. The quantitative estimate of drug-likeness (QED) is 0.123. The fraction of sp³-hybridized carbons (Fsp3) is 0.194. The molecule has 8 heteroatoms. The molecule has 0 saturated carbocycles. The van der Waals surface area contributed by atoms with Gasteiger partial charge in [0.05, 0.1) is 5.25 Å². The van der Waals surface area contributed by atoms with Crippen LogP contribution in [0.4, 0.5) is 17.1 Å². The molecular weight excluding hydrogens is 568 g/mol. The van der Waals surface area contributed by atoms with Crippen molar-refractivity contribution in [3.63, 3.8) is 0 Å². The zero-order chi connectivity index (χ0) is 31.6. The number of carbonyl (C=O) groups excluding carboxylic acids is 3. The third-order valence-electron chi connectivity index (χ3n) is 7.01. The summed E-state index contributed by atoms with van der Waals surface area (Å²) in [5, 5.41) is 8.47. The van der Waals surface area contributed by atoms with Gasteiger partial charge in [0, 0.05) is 41.6 Å². The highest BCUT2D eigenvalue weighted by molar-refractivity contribution is 8.00. The molecule has 0 aliphatic heterocycles. The number of thioether (sulfide) groups is 1. The van der Waals surface area contributed by atoms with Gasteiger partial charge in [0.1, 0.15) is 5.70 Å². The van der Waals surface area contributed by atoms with Gasteiger partial charge in [-0.05, 0) is 85.5 Å². The Balaban J connectivity index is 1.52. The Labute approximate surface area is 263 Å². The molecule has 1 atom stereocenters. The molecule has 44 heavy (non-hydrogen) atoms. The maximum absolute atomic E-state index is 13.6. The topological polar surface area (TPSA) is 90.5 Å². The van der Waals surface area contributed by atoms with Crippen molar-refractivity contribution in [1.82, 2.24) is 5.32 Å². The second kappa shape index (κ2) is 15.1. The molecule has 0 fully saturated rings. The van der Waals surface area contributed by atoms with E-state index in [-0.39, 0.29) is 22.8 Å². The van der Waals surface area contributed by atoms with Gasteiger partial charge in [-0.3, -0.25) is 14.4 Å². The van der Waals surface area contributed by atoms with Gasteiger partial charge >= 0.3 is 0 Å². The van der Waals surface area contributed by atoms with Gasteiger partial charge in [0.2, 0.25) is 5.91 Å². The van der Waals surface area contributed by atoms with Gasteiger partial charge in [0.25, 0.3) is 11.8 Å². The Hall–Kier alpha value is -4.82. The minimum Gasteiger partial charge on any atom is -0.378 e. The van der Waals surface area contributed by atoms with Crippen molar-refractivity contribution in [3.8, 4) is 0 Å². The molecule has 1 unspecified atom stereocenters. The Morgan fingerprint density at radius 2 is 1.48 bits per heavy atom. The molecule has 0 radical (unpaired) electrons. The van der Waals surface area contributed by atoms with Crippen LogP contribution in [0.3, 0.4) is 0 Å². The van der Waals surface area contributed by atoms with E-state index in [0.29, 0.717) is 17.7 Å². The largest absolute Gasteiger partial charge is 0.378 e. The number of nitrogens with one attached hydrogen (secondary N) is 3. The number of benzene rings is 4. The van der Waals surface area contributed by atoms with E-state index in [2.05, 4.69) is 16.0 Å². The van der Waals surface area contributed by atoms with E-state index in [9.17, 15) is 14.4 Å². The average Bonchev–Trinajstić information content (AvgIpc) is 3.02. The third-order valence-corrected chi connectivity index (χ3v) is 8.37. The zero-order valence-electron chi connectivity index (χ0n) is 25.7. The lowest BCUT2D eigenvalue weighted by Gasteiger charge is -2.18. The van der Waals surface area contributed by atoms with Gasteiger partial charge in [-0.25, -0.2) is 0 Å². The van der Waals surface area contributed by atoms with Gasteiger partial charge < -0.3 is 20.9 Å². The number of amides is 3. The summed E-state index contributed by atoms with van der Waals surface area (Å²) >= 11 is 1.44. The van der Waals surface area contributed by atoms with Crippen molar-refractivity contribution in [2.75, 3.05) is 29.6 Å². The van der Waals surface area contributed by atoms with Gasteiger partial charge in [0.15, 0.2) is 0 Å². The Kier molecular flexibility index (Phi) is 11.0. The van der Waals surface area contributed by atoms with E-state index in [1.807, 2.05) is 106 Å². The van der Waals surface area contributed by atoms with Gasteiger partial charge in [-0.1, -0.05) is 61.5 Å². The Morgan fingerprint density at radius 3 is 2.11 bits per heavy atom. The van der Waals surface area contributed by atoms with Crippen molar-refractivity contribution in [1.29, 1.82) is 0 Å². The molecule has 0 bridgehead atoms. The minimum absolute atomic E-state index is 0.0709. The molecule has 0 heterocycles. The van der Waals surface area contributed by atoms with Crippen LogP contribution in [0.25, 0.3) is 6.08 Å². The second-order valence-electron chi connectivity index (χ2n) is 10.6. The highest BCUT2D eigenvalue weighted by Gasteiger charge is 2.20. The molecule has 0 spiro atoms. The first kappa shape index (κ1) is 32.1. The summed E-state index contributed by atoms with van der Waals surface area (Å²) in [5.74, 6) is -0.923. The molecule has 3 N–H and O–H groups in total. The van der Waals surface area contributed by atoms with Crippen LogP contribution in [-0.2, 0) is 9.59 Å². The van der Waals surface area contributed by atoms with Crippen LogP contribution >= 0.6 is 11.8 Å². The minimum atomic E-state index is -0.465. The number of anilines is 3. The Bertz CT molecular complexity index is 1630. The number of para-hydroxylation sites is 1. The summed E-state index contributed by atoms with van der Waals surface area (Å²) in [5.41, 5.74) is 5.74. The lowest BCUT2D eigenvalue weighted by Crippen LogP contribution is -2.30. The first-order valence-electron chi connectivity index (χ1n) is 14.4. The number of rotatable bonds is 11. The predicted molar refractivity (Wildman–Crippen MR) is 182 cm³/mol. The van der Waals surface area contributed by atoms with Crippen LogP contribution in [0.15, 0.2) is 108 Å². The molecule has 0 aromatic heterocycles. The fourth-order valence-corrected chi connectivity index (χ4v) is 5.54. The molecule has 4 aromatic carbocycles. The van der Waals surface area contributed by atoms with Crippen LogP contribution in [0, 0.1) is 13.8 Å². The third kappa shape index (κ3) is 8.61. The molecule has 3 amide bonds. The van der Waals surface area contributed by atoms with Crippen molar-refractivity contribution in [2.45, 2.75) is 37.3 Å². The highest BCUT2D eigenvalue weighted by Crippen LogP contribution is 2.30. The SMILES string of the molecule is CCC(Sc1cccc(NC(=O)/C(=C\c2ccc(N(C)C)cc2)NC(=O)c2ccccc2)c1)C(=O)Nc1c(C)cccc1C. The summed E-state index contributed by atoms with van der Waals surface area (Å²) < 4.78 is 0. The van der Waals surface area contributed by atoms with Crippen LogP contribution in [0.5, 0.6) is 0 Å². The number of nitrogens with zero attached hydrogens (tertiary/aromatic N) is 1.